The molecule has 7 nitrogen and oxygen atoms in total. The molecule has 1 heterocycles. The van der Waals surface area contributed by atoms with Crippen LogP contribution in [0, 0.1) is 12.7 Å². The number of hydrogen-bond donors (Lipinski definition) is 1. The maximum Gasteiger partial charge on any atom is 0.268 e. The first-order valence-corrected chi connectivity index (χ1v) is 10.8. The number of carbonyl (C=O) groups excluding carboxylic acids is 1. The van der Waals surface area contributed by atoms with Gasteiger partial charge in [-0.1, -0.05) is 12.1 Å². The molecular weight excluding hydrogens is 421 g/mol. The molecule has 1 amide bonds. The van der Waals surface area contributed by atoms with Crippen LogP contribution < -0.4 is 14.4 Å². The van der Waals surface area contributed by atoms with Crippen molar-refractivity contribution >= 4 is 21.6 Å². The third-order valence-electron chi connectivity index (χ3n) is 4.48. The van der Waals surface area contributed by atoms with Crippen LogP contribution in [0.5, 0.6) is 5.75 Å². The fraction of sp³-hybridized carbons (Fsp3) is 0.182. The zero-order chi connectivity index (χ0) is 22.4. The highest BCUT2D eigenvalue weighted by Crippen LogP contribution is 2.30. The monoisotopic (exact) mass is 443 g/mol. The molecule has 3 aromatic rings. The van der Waals surface area contributed by atoms with Crippen molar-refractivity contribution in [3.05, 3.63) is 83.9 Å². The summed E-state index contributed by atoms with van der Waals surface area (Å²) >= 11 is 0. The SMILES string of the molecule is COc1ccc(C)cc1S(=O)(=O)N(CC(=O)NCc1ccccn1)c1ccc(F)cc1. The van der Waals surface area contributed by atoms with Crippen molar-refractivity contribution < 1.29 is 22.3 Å². The van der Waals surface area contributed by atoms with E-state index < -0.39 is 28.3 Å². The number of carbonyl (C=O) groups is 1. The number of amides is 1. The van der Waals surface area contributed by atoms with E-state index in [0.29, 0.717) is 11.3 Å². The third kappa shape index (κ3) is 5.37. The van der Waals surface area contributed by atoms with Crippen molar-refractivity contribution in [3.63, 3.8) is 0 Å². The van der Waals surface area contributed by atoms with Crippen LogP contribution in [0.2, 0.25) is 0 Å². The van der Waals surface area contributed by atoms with Gasteiger partial charge in [-0.25, -0.2) is 12.8 Å². The van der Waals surface area contributed by atoms with Gasteiger partial charge < -0.3 is 10.1 Å². The number of rotatable bonds is 8. The van der Waals surface area contributed by atoms with Crippen LogP contribution in [0.3, 0.4) is 0 Å². The Labute approximate surface area is 180 Å². The average molecular weight is 444 g/mol. The minimum atomic E-state index is -4.20. The molecule has 0 saturated heterocycles. The third-order valence-corrected chi connectivity index (χ3v) is 6.28. The van der Waals surface area contributed by atoms with Gasteiger partial charge in [0.1, 0.15) is 23.0 Å². The maximum absolute atomic E-state index is 13.5. The summed E-state index contributed by atoms with van der Waals surface area (Å²) in [6.45, 7) is 1.39. The first kappa shape index (κ1) is 22.2. The van der Waals surface area contributed by atoms with E-state index in [0.717, 1.165) is 16.4 Å². The minimum Gasteiger partial charge on any atom is -0.495 e. The number of anilines is 1. The van der Waals surface area contributed by atoms with Crippen molar-refractivity contribution in [1.29, 1.82) is 0 Å². The number of hydrogen-bond acceptors (Lipinski definition) is 5. The lowest BCUT2D eigenvalue weighted by Crippen LogP contribution is -2.41. The fourth-order valence-electron chi connectivity index (χ4n) is 2.90. The molecule has 2 aromatic carbocycles. The van der Waals surface area contributed by atoms with Gasteiger partial charge >= 0.3 is 0 Å². The topological polar surface area (TPSA) is 88.6 Å². The van der Waals surface area contributed by atoms with Gasteiger partial charge in [-0.2, -0.15) is 0 Å². The van der Waals surface area contributed by atoms with E-state index in [1.165, 1.54) is 25.3 Å². The van der Waals surface area contributed by atoms with Crippen molar-refractivity contribution in [1.82, 2.24) is 10.3 Å². The van der Waals surface area contributed by atoms with Gasteiger partial charge in [0.05, 0.1) is 25.0 Å². The smallest absolute Gasteiger partial charge is 0.268 e. The van der Waals surface area contributed by atoms with Gasteiger partial charge in [0, 0.05) is 6.20 Å². The Morgan fingerprint density at radius 1 is 1.13 bits per heavy atom. The number of nitrogens with zero attached hydrogens (tertiary/aromatic N) is 2. The van der Waals surface area contributed by atoms with Crippen LogP contribution in [-0.2, 0) is 21.4 Å². The second-order valence-electron chi connectivity index (χ2n) is 6.74. The number of halogens is 1. The molecule has 0 aliphatic heterocycles. The fourth-order valence-corrected chi connectivity index (χ4v) is 4.57. The van der Waals surface area contributed by atoms with Crippen LogP contribution >= 0.6 is 0 Å². The number of pyridine rings is 1. The van der Waals surface area contributed by atoms with Gasteiger partial charge in [0.25, 0.3) is 10.0 Å². The number of aromatic nitrogens is 1. The van der Waals surface area contributed by atoms with Gasteiger partial charge in [0.2, 0.25) is 5.91 Å². The zero-order valence-corrected chi connectivity index (χ0v) is 17.9. The molecule has 0 spiro atoms. The Hall–Kier alpha value is -3.46. The highest BCUT2D eigenvalue weighted by Gasteiger charge is 2.30. The summed E-state index contributed by atoms with van der Waals surface area (Å²) in [6, 6.07) is 14.9. The lowest BCUT2D eigenvalue weighted by molar-refractivity contribution is -0.119. The first-order chi connectivity index (χ1) is 14.8. The quantitative estimate of drug-likeness (QED) is 0.578. The highest BCUT2D eigenvalue weighted by molar-refractivity contribution is 7.93. The molecule has 0 aliphatic rings. The van der Waals surface area contributed by atoms with Crippen LogP contribution in [0.15, 0.2) is 71.8 Å². The van der Waals surface area contributed by atoms with E-state index in [1.54, 1.807) is 43.5 Å². The predicted molar refractivity (Wildman–Crippen MR) is 115 cm³/mol. The lowest BCUT2D eigenvalue weighted by Gasteiger charge is -2.25. The summed E-state index contributed by atoms with van der Waals surface area (Å²) in [5.41, 5.74) is 1.49. The molecule has 9 heteroatoms. The van der Waals surface area contributed by atoms with E-state index in [4.69, 9.17) is 4.74 Å². The molecule has 0 bridgehead atoms. The Morgan fingerprint density at radius 3 is 2.52 bits per heavy atom. The number of sulfonamides is 1. The van der Waals surface area contributed by atoms with Crippen LogP contribution in [-0.4, -0.2) is 33.0 Å². The number of ether oxygens (including phenoxy) is 1. The normalized spacial score (nSPS) is 11.1. The van der Waals surface area contributed by atoms with Crippen molar-refractivity contribution in [2.24, 2.45) is 0 Å². The number of aryl methyl sites for hydroxylation is 1. The van der Waals surface area contributed by atoms with Gasteiger partial charge in [-0.15, -0.1) is 0 Å². The summed E-state index contributed by atoms with van der Waals surface area (Å²) in [4.78, 5) is 16.7. The Balaban J connectivity index is 1.94. The molecule has 3 rings (SSSR count). The molecule has 1 N–H and O–H groups in total. The van der Waals surface area contributed by atoms with E-state index >= 15 is 0 Å². The van der Waals surface area contributed by atoms with E-state index in [1.807, 2.05) is 0 Å². The predicted octanol–water partition coefficient (Wildman–Crippen LogP) is 3.05. The summed E-state index contributed by atoms with van der Waals surface area (Å²) in [5, 5.41) is 2.66. The molecule has 0 atom stereocenters. The zero-order valence-electron chi connectivity index (χ0n) is 17.1. The molecular formula is C22H22FN3O4S. The molecule has 0 unspecified atom stereocenters. The molecule has 0 fully saturated rings. The Kier molecular flexibility index (Phi) is 6.86. The second kappa shape index (κ2) is 9.57. The molecule has 162 valence electrons. The molecule has 0 radical (unpaired) electrons. The van der Waals surface area contributed by atoms with Crippen LogP contribution in [0.1, 0.15) is 11.3 Å². The van der Waals surface area contributed by atoms with Crippen LogP contribution in [0.25, 0.3) is 0 Å². The molecule has 0 aliphatic carbocycles. The van der Waals surface area contributed by atoms with Crippen molar-refractivity contribution in [3.8, 4) is 5.75 Å². The highest BCUT2D eigenvalue weighted by atomic mass is 32.2. The summed E-state index contributed by atoms with van der Waals surface area (Å²) in [5.74, 6) is -0.911. The van der Waals surface area contributed by atoms with Gasteiger partial charge in [-0.05, 0) is 61.0 Å². The number of benzene rings is 2. The Morgan fingerprint density at radius 2 is 1.87 bits per heavy atom. The van der Waals surface area contributed by atoms with Crippen LogP contribution in [0.4, 0.5) is 10.1 Å². The summed E-state index contributed by atoms with van der Waals surface area (Å²) < 4.78 is 46.6. The molecule has 31 heavy (non-hydrogen) atoms. The molecule has 0 saturated carbocycles. The lowest BCUT2D eigenvalue weighted by atomic mass is 10.2. The number of nitrogens with one attached hydrogen (secondary N) is 1. The number of methoxy groups -OCH3 is 1. The summed E-state index contributed by atoms with van der Waals surface area (Å²) in [7, 11) is -2.83. The second-order valence-corrected chi connectivity index (χ2v) is 8.57. The largest absolute Gasteiger partial charge is 0.495 e. The van der Waals surface area contributed by atoms with E-state index in [2.05, 4.69) is 10.3 Å². The van der Waals surface area contributed by atoms with E-state index in [9.17, 15) is 17.6 Å². The van der Waals surface area contributed by atoms with Crippen molar-refractivity contribution in [2.45, 2.75) is 18.4 Å². The standard InChI is InChI=1S/C22H22FN3O4S/c1-16-6-11-20(30-2)21(13-16)31(28,29)26(19-9-7-17(23)8-10-19)15-22(27)25-14-18-5-3-4-12-24-18/h3-13H,14-15H2,1-2H3,(H,25,27). The summed E-state index contributed by atoms with van der Waals surface area (Å²) in [6.07, 6.45) is 1.60. The van der Waals surface area contributed by atoms with Crippen molar-refractivity contribution in [2.75, 3.05) is 18.0 Å². The average Bonchev–Trinajstić information content (AvgIpc) is 2.77. The van der Waals surface area contributed by atoms with Gasteiger partial charge in [0.15, 0.2) is 0 Å². The first-order valence-electron chi connectivity index (χ1n) is 9.41. The van der Waals surface area contributed by atoms with Gasteiger partial charge in [-0.3, -0.25) is 14.1 Å². The minimum absolute atomic E-state index is 0.0862. The Bertz CT molecular complexity index is 1150. The van der Waals surface area contributed by atoms with E-state index in [-0.39, 0.29) is 22.9 Å². The maximum atomic E-state index is 13.5. The molecule has 1 aromatic heterocycles.